The monoisotopic (exact) mass is 311 g/mol. The molecule has 0 spiro atoms. The van der Waals surface area contributed by atoms with Crippen molar-refractivity contribution in [1.29, 1.82) is 5.26 Å². The molecular weight excluding hydrogens is 298 g/mol. The molecule has 6 nitrogen and oxygen atoms in total. The van der Waals surface area contributed by atoms with Crippen LogP contribution in [-0.4, -0.2) is 33.0 Å². The van der Waals surface area contributed by atoms with Crippen LogP contribution in [0.1, 0.15) is 12.2 Å². The van der Waals surface area contributed by atoms with Gasteiger partial charge in [0.25, 0.3) is 0 Å². The van der Waals surface area contributed by atoms with E-state index in [-0.39, 0.29) is 5.54 Å². The molecule has 3 aromatic heterocycles. The van der Waals surface area contributed by atoms with Crippen molar-refractivity contribution in [2.45, 2.75) is 18.9 Å². The summed E-state index contributed by atoms with van der Waals surface area (Å²) in [6.07, 6.45) is 4.15. The number of aryl methyl sites for hydroxylation is 1. The molecule has 7 heteroatoms. The van der Waals surface area contributed by atoms with E-state index in [1.807, 2.05) is 29.2 Å². The number of nitrogens with zero attached hydrogens (tertiary/aromatic N) is 5. The molecule has 1 aliphatic heterocycles. The molecule has 0 radical (unpaired) electrons. The maximum atomic E-state index is 9.04. The van der Waals surface area contributed by atoms with Gasteiger partial charge in [-0.25, -0.2) is 9.97 Å². The third-order valence-electron chi connectivity index (χ3n) is 3.93. The molecule has 1 saturated heterocycles. The Morgan fingerprint density at radius 1 is 1.45 bits per heavy atom. The number of hydrogen-bond donors (Lipinski definition) is 0. The summed E-state index contributed by atoms with van der Waals surface area (Å²) in [4.78, 5) is 10.0. The van der Waals surface area contributed by atoms with Gasteiger partial charge in [0, 0.05) is 17.1 Å². The number of ether oxygens (including phenoxy) is 1. The highest BCUT2D eigenvalue weighted by Gasteiger charge is 2.41. The molecule has 0 unspecified atom stereocenters. The number of hydrogen-bond acceptors (Lipinski definition) is 6. The van der Waals surface area contributed by atoms with E-state index in [0.717, 1.165) is 27.3 Å². The number of thiophene rings is 1. The molecule has 0 amide bonds. The highest BCUT2D eigenvalue weighted by molar-refractivity contribution is 7.16. The van der Waals surface area contributed by atoms with Crippen molar-refractivity contribution >= 4 is 21.6 Å². The van der Waals surface area contributed by atoms with Gasteiger partial charge in [-0.3, -0.25) is 4.68 Å². The Kier molecular flexibility index (Phi) is 2.96. The van der Waals surface area contributed by atoms with E-state index in [9.17, 15) is 0 Å². The summed E-state index contributed by atoms with van der Waals surface area (Å²) in [6.45, 7) is 2.95. The van der Waals surface area contributed by atoms with E-state index in [1.165, 1.54) is 0 Å². The highest BCUT2D eigenvalue weighted by atomic mass is 32.1. The predicted molar refractivity (Wildman–Crippen MR) is 82.4 cm³/mol. The summed E-state index contributed by atoms with van der Waals surface area (Å²) in [7, 11) is 0. The Morgan fingerprint density at radius 3 is 3.05 bits per heavy atom. The lowest BCUT2D eigenvalue weighted by atomic mass is 9.94. The van der Waals surface area contributed by atoms with Gasteiger partial charge < -0.3 is 4.74 Å². The molecule has 0 atom stereocenters. The van der Waals surface area contributed by atoms with Gasteiger partial charge in [-0.15, -0.1) is 11.3 Å². The van der Waals surface area contributed by atoms with Crippen LogP contribution in [0.3, 0.4) is 0 Å². The molecule has 3 aromatic rings. The normalized spacial score (nSPS) is 16.4. The van der Waals surface area contributed by atoms with Crippen molar-refractivity contribution in [2.75, 3.05) is 13.2 Å². The van der Waals surface area contributed by atoms with Crippen LogP contribution >= 0.6 is 11.3 Å². The second kappa shape index (κ2) is 4.87. The average molecular weight is 311 g/mol. The Labute approximate surface area is 131 Å². The zero-order valence-electron chi connectivity index (χ0n) is 12.0. The SMILES string of the molecule is Cc1nc(-c2cnn(C3(CC#N)COC3)c2)c2ccsc2n1. The molecule has 110 valence electrons. The number of rotatable bonds is 3. The van der Waals surface area contributed by atoms with Crippen LogP contribution in [0.25, 0.3) is 21.5 Å². The molecule has 0 bridgehead atoms. The van der Waals surface area contributed by atoms with Crippen LogP contribution in [0.15, 0.2) is 23.8 Å². The van der Waals surface area contributed by atoms with E-state index < -0.39 is 0 Å². The Bertz CT molecular complexity index is 887. The van der Waals surface area contributed by atoms with Gasteiger partial charge >= 0.3 is 0 Å². The fourth-order valence-corrected chi connectivity index (χ4v) is 3.50. The van der Waals surface area contributed by atoms with Crippen LogP contribution in [-0.2, 0) is 10.3 Å². The fourth-order valence-electron chi connectivity index (χ4n) is 2.69. The van der Waals surface area contributed by atoms with Crippen molar-refractivity contribution in [1.82, 2.24) is 19.7 Å². The first-order chi connectivity index (χ1) is 10.7. The van der Waals surface area contributed by atoms with Crippen LogP contribution in [0.5, 0.6) is 0 Å². The minimum absolute atomic E-state index is 0.331. The molecule has 4 heterocycles. The van der Waals surface area contributed by atoms with E-state index in [4.69, 9.17) is 10.00 Å². The minimum Gasteiger partial charge on any atom is -0.376 e. The number of aromatic nitrogens is 4. The van der Waals surface area contributed by atoms with Gasteiger partial charge in [-0.1, -0.05) is 0 Å². The van der Waals surface area contributed by atoms with Crippen molar-refractivity contribution in [2.24, 2.45) is 0 Å². The quantitative estimate of drug-likeness (QED) is 0.742. The number of nitriles is 1. The second-order valence-electron chi connectivity index (χ2n) is 5.48. The Morgan fingerprint density at radius 2 is 2.32 bits per heavy atom. The summed E-state index contributed by atoms with van der Waals surface area (Å²) in [5.41, 5.74) is 1.50. The Hall–Kier alpha value is -2.30. The molecule has 4 rings (SSSR count). The average Bonchev–Trinajstić information content (AvgIpc) is 3.10. The second-order valence-corrected chi connectivity index (χ2v) is 6.38. The number of fused-ring (bicyclic) bond motifs is 1. The van der Waals surface area contributed by atoms with Gasteiger partial charge in [0.1, 0.15) is 16.2 Å². The van der Waals surface area contributed by atoms with E-state index >= 15 is 0 Å². The fraction of sp³-hybridized carbons (Fsp3) is 0.333. The van der Waals surface area contributed by atoms with Gasteiger partial charge in [0.15, 0.2) is 0 Å². The lowest BCUT2D eigenvalue weighted by molar-refractivity contribution is -0.104. The van der Waals surface area contributed by atoms with Crippen molar-refractivity contribution in [3.05, 3.63) is 29.7 Å². The largest absolute Gasteiger partial charge is 0.376 e. The zero-order chi connectivity index (χ0) is 15.2. The third-order valence-corrected chi connectivity index (χ3v) is 4.74. The molecule has 0 aliphatic carbocycles. The van der Waals surface area contributed by atoms with Crippen molar-refractivity contribution in [3.63, 3.8) is 0 Å². The van der Waals surface area contributed by atoms with Crippen molar-refractivity contribution < 1.29 is 4.74 Å². The van der Waals surface area contributed by atoms with E-state index in [1.54, 1.807) is 17.5 Å². The molecule has 1 fully saturated rings. The van der Waals surface area contributed by atoms with E-state index in [0.29, 0.717) is 19.6 Å². The topological polar surface area (TPSA) is 76.6 Å². The van der Waals surface area contributed by atoms with Crippen LogP contribution in [0.2, 0.25) is 0 Å². The van der Waals surface area contributed by atoms with Crippen LogP contribution in [0, 0.1) is 18.3 Å². The first kappa shape index (κ1) is 13.4. The third kappa shape index (κ3) is 1.92. The smallest absolute Gasteiger partial charge is 0.127 e. The van der Waals surface area contributed by atoms with Gasteiger partial charge in [-0.2, -0.15) is 10.4 Å². The van der Waals surface area contributed by atoms with Crippen LogP contribution in [0.4, 0.5) is 0 Å². The summed E-state index contributed by atoms with van der Waals surface area (Å²) in [5, 5.41) is 16.5. The molecule has 0 saturated carbocycles. The zero-order valence-corrected chi connectivity index (χ0v) is 12.8. The summed E-state index contributed by atoms with van der Waals surface area (Å²) >= 11 is 1.61. The standard InChI is InChI=1S/C15H13N5OS/c1-10-18-13(12-2-5-22-14(12)19-10)11-6-17-20(7-11)15(3-4-16)8-21-9-15/h2,5-7H,3,8-9H2,1H3. The maximum Gasteiger partial charge on any atom is 0.127 e. The summed E-state index contributed by atoms with van der Waals surface area (Å²) in [5.74, 6) is 0.747. The summed E-state index contributed by atoms with van der Waals surface area (Å²) in [6, 6.07) is 4.26. The molecule has 1 aliphatic rings. The summed E-state index contributed by atoms with van der Waals surface area (Å²) < 4.78 is 7.15. The first-order valence-corrected chi connectivity index (χ1v) is 7.82. The van der Waals surface area contributed by atoms with Gasteiger partial charge in [-0.05, 0) is 18.4 Å². The minimum atomic E-state index is -0.331. The maximum absolute atomic E-state index is 9.04. The molecular formula is C15H13N5OS. The highest BCUT2D eigenvalue weighted by Crippen LogP contribution is 2.33. The van der Waals surface area contributed by atoms with Gasteiger partial charge in [0.2, 0.25) is 0 Å². The molecule has 22 heavy (non-hydrogen) atoms. The predicted octanol–water partition coefficient (Wildman–Crippen LogP) is 2.50. The lowest BCUT2D eigenvalue weighted by Gasteiger charge is -2.39. The van der Waals surface area contributed by atoms with E-state index in [2.05, 4.69) is 21.1 Å². The Balaban J connectivity index is 1.81. The first-order valence-electron chi connectivity index (χ1n) is 6.94. The molecule has 0 aromatic carbocycles. The molecule has 0 N–H and O–H groups in total. The van der Waals surface area contributed by atoms with Crippen molar-refractivity contribution in [3.8, 4) is 17.3 Å². The van der Waals surface area contributed by atoms with Gasteiger partial charge in [0.05, 0.1) is 37.6 Å². The lowest BCUT2D eigenvalue weighted by Crippen LogP contribution is -2.51. The van der Waals surface area contributed by atoms with Crippen LogP contribution < -0.4 is 0 Å².